The summed E-state index contributed by atoms with van der Waals surface area (Å²) in [7, 11) is 0. The molecule has 0 aliphatic carbocycles. The summed E-state index contributed by atoms with van der Waals surface area (Å²) in [4.78, 5) is 45.2. The number of rotatable bonds is 4. The predicted molar refractivity (Wildman–Crippen MR) is 109 cm³/mol. The number of benzene rings is 1. The number of phenolic OH excluding ortho intramolecular Hbond substituents is 1. The zero-order chi connectivity index (χ0) is 21.8. The first-order valence-electron chi connectivity index (χ1n) is 9.42. The van der Waals surface area contributed by atoms with Crippen LogP contribution in [0.15, 0.2) is 52.7 Å². The van der Waals surface area contributed by atoms with E-state index in [0.29, 0.717) is 16.9 Å². The van der Waals surface area contributed by atoms with Crippen LogP contribution in [-0.2, 0) is 14.4 Å². The minimum absolute atomic E-state index is 0. The number of nitrogens with zero attached hydrogens (tertiary/aromatic N) is 3. The van der Waals surface area contributed by atoms with Gasteiger partial charge in [0.1, 0.15) is 28.5 Å². The molecular weight excluding hydrogens is 429 g/mol. The third-order valence-corrected chi connectivity index (χ3v) is 6.63. The van der Waals surface area contributed by atoms with Crippen LogP contribution in [0, 0.1) is 0 Å². The van der Waals surface area contributed by atoms with Crippen LogP contribution >= 0.6 is 11.8 Å². The molecular formula is C21H20N3NaO5S. The van der Waals surface area contributed by atoms with E-state index in [1.807, 2.05) is 0 Å². The Kier molecular flexibility index (Phi) is 6.44. The molecule has 3 aliphatic heterocycles. The summed E-state index contributed by atoms with van der Waals surface area (Å²) >= 11 is 1.41. The number of phenols is 1. The number of hydrogen-bond acceptors (Lipinski definition) is 7. The number of thioether (sulfide) groups is 1. The largest absolute Gasteiger partial charge is 1.00 e. The quantitative estimate of drug-likeness (QED) is 0.406. The van der Waals surface area contributed by atoms with Gasteiger partial charge in [0.05, 0.1) is 11.7 Å². The third-order valence-electron chi connectivity index (χ3n) is 5.35. The van der Waals surface area contributed by atoms with Gasteiger partial charge >= 0.3 is 29.6 Å². The first kappa shape index (κ1) is 23.6. The van der Waals surface area contributed by atoms with E-state index in [0.717, 1.165) is 0 Å². The SMILES string of the molecule is C/C=C\C1=C(C(=O)[O-])N2C(=O)C(N3C(=O)C(c4ccc(O)cc4)=NC3(C)C)[C@@H]2SC1.[Na+]. The molecule has 0 aromatic heterocycles. The van der Waals surface area contributed by atoms with Gasteiger partial charge in [0.25, 0.3) is 11.8 Å². The molecule has 1 saturated heterocycles. The average Bonchev–Trinajstić information content (AvgIpc) is 2.92. The van der Waals surface area contributed by atoms with E-state index in [2.05, 4.69) is 4.99 Å². The van der Waals surface area contributed by atoms with Crippen LogP contribution in [0.3, 0.4) is 0 Å². The molecule has 0 bridgehead atoms. The molecule has 1 aromatic rings. The Morgan fingerprint density at radius 1 is 1.29 bits per heavy atom. The van der Waals surface area contributed by atoms with E-state index in [9.17, 15) is 24.6 Å². The summed E-state index contributed by atoms with van der Waals surface area (Å²) in [6, 6.07) is 5.30. The van der Waals surface area contributed by atoms with E-state index in [4.69, 9.17) is 0 Å². The van der Waals surface area contributed by atoms with Gasteiger partial charge in [0.2, 0.25) is 0 Å². The number of hydrogen-bond donors (Lipinski definition) is 1. The molecule has 4 rings (SSSR count). The molecule has 156 valence electrons. The van der Waals surface area contributed by atoms with Crippen LogP contribution in [0.5, 0.6) is 5.75 Å². The zero-order valence-corrected chi connectivity index (χ0v) is 20.5. The first-order valence-corrected chi connectivity index (χ1v) is 10.5. The van der Waals surface area contributed by atoms with Gasteiger partial charge in [0, 0.05) is 11.3 Å². The molecule has 1 N–H and O–H groups in total. The second kappa shape index (κ2) is 8.46. The van der Waals surface area contributed by atoms with Gasteiger partial charge in [-0.2, -0.15) is 0 Å². The van der Waals surface area contributed by atoms with E-state index in [1.165, 1.54) is 33.7 Å². The van der Waals surface area contributed by atoms with Gasteiger partial charge in [-0.3, -0.25) is 24.4 Å². The van der Waals surface area contributed by atoms with Crippen molar-refractivity contribution in [3.05, 3.63) is 53.3 Å². The monoisotopic (exact) mass is 449 g/mol. The molecule has 1 unspecified atom stereocenters. The van der Waals surface area contributed by atoms with Crippen molar-refractivity contribution in [2.75, 3.05) is 5.75 Å². The Morgan fingerprint density at radius 2 is 1.94 bits per heavy atom. The number of aliphatic carboxylic acids is 1. The molecule has 3 aliphatic rings. The Morgan fingerprint density at radius 3 is 2.52 bits per heavy atom. The average molecular weight is 449 g/mol. The number of carboxylic acid groups (broad SMARTS) is 1. The van der Waals surface area contributed by atoms with Crippen molar-refractivity contribution < 1.29 is 54.2 Å². The number of carbonyl (C=O) groups excluding carboxylic acids is 3. The van der Waals surface area contributed by atoms with Crippen molar-refractivity contribution in [1.29, 1.82) is 0 Å². The van der Waals surface area contributed by atoms with Crippen LogP contribution in [0.2, 0.25) is 0 Å². The summed E-state index contributed by atoms with van der Waals surface area (Å²) in [6.07, 6.45) is 3.37. The fourth-order valence-corrected chi connectivity index (χ4v) is 5.42. The zero-order valence-electron chi connectivity index (χ0n) is 17.7. The fraction of sp³-hybridized carbons (Fsp3) is 0.333. The van der Waals surface area contributed by atoms with Gasteiger partial charge in [-0.25, -0.2) is 0 Å². The van der Waals surface area contributed by atoms with E-state index in [1.54, 1.807) is 45.1 Å². The summed E-state index contributed by atoms with van der Waals surface area (Å²) in [6.45, 7) is 5.25. The molecule has 8 nitrogen and oxygen atoms in total. The molecule has 0 saturated carbocycles. The number of carbonyl (C=O) groups is 3. The van der Waals surface area contributed by atoms with E-state index >= 15 is 0 Å². The number of fused-ring (bicyclic) bond motifs is 1. The fourth-order valence-electron chi connectivity index (χ4n) is 4.06. The number of amides is 2. The molecule has 1 aromatic carbocycles. The van der Waals surface area contributed by atoms with Crippen molar-refractivity contribution >= 4 is 35.3 Å². The van der Waals surface area contributed by atoms with Crippen molar-refractivity contribution in [2.45, 2.75) is 37.8 Å². The Bertz CT molecular complexity index is 1050. The van der Waals surface area contributed by atoms with Crippen molar-refractivity contribution in [3.8, 4) is 5.75 Å². The minimum Gasteiger partial charge on any atom is -0.543 e. The number of aliphatic imine (C=N–C) groups is 1. The Labute approximate surface area is 206 Å². The molecule has 10 heteroatoms. The van der Waals surface area contributed by atoms with Crippen LogP contribution in [0.25, 0.3) is 0 Å². The van der Waals surface area contributed by atoms with Crippen molar-refractivity contribution in [1.82, 2.24) is 9.80 Å². The normalized spacial score (nSPS) is 24.7. The molecule has 31 heavy (non-hydrogen) atoms. The van der Waals surface area contributed by atoms with Crippen LogP contribution < -0.4 is 34.7 Å². The van der Waals surface area contributed by atoms with E-state index in [-0.39, 0.29) is 46.7 Å². The standard InChI is InChI=1S/C21H21N3O5S.Na/c1-4-5-12-10-30-19-16(18(27)23(19)15(12)20(28)29)24-17(26)14(22-21(24,2)3)11-6-8-13(25)9-7-11;/h4-9,16,19,25H,10H2,1-3H3,(H,28,29);/q;+1/p-1/b5-4-;/t16?,19-;/m0./s1. The molecule has 2 amide bonds. The predicted octanol–water partition coefficient (Wildman–Crippen LogP) is -2.37. The maximum absolute atomic E-state index is 13.2. The van der Waals surface area contributed by atoms with Gasteiger partial charge in [0.15, 0.2) is 0 Å². The minimum atomic E-state index is -1.41. The maximum atomic E-state index is 13.2. The van der Waals surface area contributed by atoms with E-state index < -0.39 is 34.9 Å². The first-order chi connectivity index (χ1) is 14.2. The summed E-state index contributed by atoms with van der Waals surface area (Å²) in [5.74, 6) is -1.80. The van der Waals surface area contributed by atoms with Gasteiger partial charge < -0.3 is 15.0 Å². The smallest absolute Gasteiger partial charge is 0.543 e. The molecule has 1 fully saturated rings. The molecule has 3 heterocycles. The summed E-state index contributed by atoms with van der Waals surface area (Å²) in [5, 5.41) is 20.7. The Hall–Kier alpha value is -2.07. The number of aromatic hydroxyl groups is 1. The Balaban J connectivity index is 0.00000272. The van der Waals surface area contributed by atoms with Gasteiger partial charge in [-0.05, 0) is 50.6 Å². The molecule has 0 spiro atoms. The van der Waals surface area contributed by atoms with Crippen LogP contribution in [-0.4, -0.2) is 61.2 Å². The summed E-state index contributed by atoms with van der Waals surface area (Å²) in [5.41, 5.74) is 0.142. The molecule has 0 radical (unpaired) electrons. The number of carboxylic acids is 1. The van der Waals surface area contributed by atoms with Gasteiger partial charge in [-0.1, -0.05) is 12.2 Å². The summed E-state index contributed by atoms with van der Waals surface area (Å²) < 4.78 is 0. The maximum Gasteiger partial charge on any atom is 1.00 e. The topological polar surface area (TPSA) is 113 Å². The van der Waals surface area contributed by atoms with Crippen LogP contribution in [0.4, 0.5) is 0 Å². The second-order valence-corrected chi connectivity index (χ2v) is 8.80. The van der Waals surface area contributed by atoms with Gasteiger partial charge in [-0.15, -0.1) is 11.8 Å². The number of β-lactam (4-membered cyclic amide) rings is 1. The molecule has 2 atom stereocenters. The second-order valence-electron chi connectivity index (χ2n) is 7.69. The number of allylic oxidation sites excluding steroid dienone is 2. The van der Waals surface area contributed by atoms with Crippen molar-refractivity contribution in [2.24, 2.45) is 4.99 Å². The van der Waals surface area contributed by atoms with Crippen molar-refractivity contribution in [3.63, 3.8) is 0 Å². The van der Waals surface area contributed by atoms with Crippen LogP contribution in [0.1, 0.15) is 26.3 Å². The third kappa shape index (κ3) is 3.73.